The van der Waals surface area contributed by atoms with E-state index in [0.29, 0.717) is 0 Å². The van der Waals surface area contributed by atoms with E-state index in [1.807, 2.05) is 0 Å². The first-order valence-corrected chi connectivity index (χ1v) is 20.6. The normalized spacial score (nSPS) is 16.6. The lowest BCUT2D eigenvalue weighted by molar-refractivity contribution is 0.353. The minimum absolute atomic E-state index is 0.139. The first-order chi connectivity index (χ1) is 32.4. The number of aromatic hydroxyl groups is 16. The van der Waals surface area contributed by atoms with E-state index >= 15 is 0 Å². The predicted octanol–water partition coefficient (Wildman–Crippen LogP) is 8.01. The van der Waals surface area contributed by atoms with Crippen molar-refractivity contribution in [3.8, 4) is 92.0 Å². The Kier molecular flexibility index (Phi) is 10.4. The number of benzene rings is 8. The highest BCUT2D eigenvalue weighted by molar-refractivity contribution is 5.74. The summed E-state index contributed by atoms with van der Waals surface area (Å²) in [6, 6.07) is 25.7. The van der Waals surface area contributed by atoms with Crippen LogP contribution < -0.4 is 0 Å². The van der Waals surface area contributed by atoms with Crippen molar-refractivity contribution in [3.63, 3.8) is 0 Å². The Morgan fingerprint density at radius 2 is 0.309 bits per heavy atom. The van der Waals surface area contributed by atoms with Crippen LogP contribution in [0.15, 0.2) is 121 Å². The molecule has 0 saturated carbocycles. The van der Waals surface area contributed by atoms with E-state index in [9.17, 15) is 81.7 Å². The minimum atomic E-state index is -1.55. The maximum atomic E-state index is 11.9. The van der Waals surface area contributed by atoms with Crippen molar-refractivity contribution in [2.24, 2.45) is 0 Å². The monoisotopic (exact) mass is 920 g/mol. The van der Waals surface area contributed by atoms with Crippen LogP contribution >= 0.6 is 0 Å². The van der Waals surface area contributed by atoms with Crippen molar-refractivity contribution < 1.29 is 81.7 Å². The van der Waals surface area contributed by atoms with Crippen molar-refractivity contribution in [2.75, 3.05) is 0 Å². The van der Waals surface area contributed by atoms with Crippen LogP contribution in [0.3, 0.4) is 0 Å². The zero-order valence-corrected chi connectivity index (χ0v) is 35.0. The lowest BCUT2D eigenvalue weighted by Crippen LogP contribution is -2.13. The fraction of sp³-hybridized carbons (Fsp3) is 0.0769. The van der Waals surface area contributed by atoms with Gasteiger partial charge < -0.3 is 81.7 Å². The molecule has 0 aliphatic heterocycles. The van der Waals surface area contributed by atoms with Gasteiger partial charge in [0.1, 0.15) is 23.0 Å². The van der Waals surface area contributed by atoms with Crippen LogP contribution in [0.1, 0.15) is 90.4 Å². The van der Waals surface area contributed by atoms with Gasteiger partial charge in [0.15, 0.2) is 46.0 Å². The molecule has 16 N–H and O–H groups in total. The predicted molar refractivity (Wildman–Crippen MR) is 242 cm³/mol. The molecule has 0 aromatic heterocycles. The van der Waals surface area contributed by atoms with Gasteiger partial charge in [-0.1, -0.05) is 48.5 Å². The zero-order chi connectivity index (χ0) is 48.6. The highest BCUT2D eigenvalue weighted by Crippen LogP contribution is 2.60. The molecule has 0 radical (unpaired) electrons. The zero-order valence-electron chi connectivity index (χ0n) is 35.0. The van der Waals surface area contributed by atoms with Crippen molar-refractivity contribution in [1.82, 2.24) is 0 Å². The van der Waals surface area contributed by atoms with Crippen LogP contribution in [-0.2, 0) is 0 Å². The number of phenols is 16. The molecule has 9 rings (SSSR count). The van der Waals surface area contributed by atoms with Gasteiger partial charge in [-0.25, -0.2) is 0 Å². The summed E-state index contributed by atoms with van der Waals surface area (Å²) < 4.78 is 0. The molecule has 16 heteroatoms. The highest BCUT2D eigenvalue weighted by atomic mass is 16.3. The van der Waals surface area contributed by atoms with Gasteiger partial charge in [-0.2, -0.15) is 0 Å². The third-order valence-corrected chi connectivity index (χ3v) is 12.6. The largest absolute Gasteiger partial charge is 0.508 e. The van der Waals surface area contributed by atoms with Crippen LogP contribution in [0.4, 0.5) is 0 Å². The van der Waals surface area contributed by atoms with Gasteiger partial charge in [0, 0.05) is 68.2 Å². The standard InChI is InChI=1S/C52H40O16/c53-25-9-1-21(2-10-25)37-29-17-31(43(59)49(65)41(29)57)38(22-3-11-26(54)12-4-22)33-19-35(47(63)51(67)45(33)61)40(24-7-15-28(56)16-8-24)36-20-34(46(62)52(68)48(36)64)39(23-5-13-27(55)14-6-23)32-18-30(37)42(58)50(66)44(32)60/h1-20,37-40,53-68H. The average molecular weight is 921 g/mol. The maximum absolute atomic E-state index is 11.9. The van der Waals surface area contributed by atoms with Crippen molar-refractivity contribution >= 4 is 0 Å². The second-order valence-corrected chi connectivity index (χ2v) is 16.5. The summed E-state index contributed by atoms with van der Waals surface area (Å²) in [4.78, 5) is 0. The number of phenolic OH excluding ortho intramolecular Hbond substituents is 16. The van der Waals surface area contributed by atoms with E-state index in [1.165, 1.54) is 121 Å². The van der Waals surface area contributed by atoms with E-state index in [1.54, 1.807) is 0 Å². The van der Waals surface area contributed by atoms with Crippen molar-refractivity contribution in [1.29, 1.82) is 0 Å². The number of fused-ring (bicyclic) bond motifs is 8. The Balaban J connectivity index is 1.54. The fourth-order valence-electron chi connectivity index (χ4n) is 9.29. The first-order valence-electron chi connectivity index (χ1n) is 20.6. The van der Waals surface area contributed by atoms with Crippen LogP contribution in [0.25, 0.3) is 0 Å². The van der Waals surface area contributed by atoms with E-state index in [4.69, 9.17) is 0 Å². The van der Waals surface area contributed by atoms with Gasteiger partial charge in [-0.3, -0.25) is 0 Å². The number of hydrogen-bond acceptors (Lipinski definition) is 16. The Labute approximate surface area is 384 Å². The first kappa shape index (κ1) is 43.8. The molecule has 0 heterocycles. The van der Waals surface area contributed by atoms with Gasteiger partial charge in [0.25, 0.3) is 0 Å². The number of hydrogen-bond donors (Lipinski definition) is 16. The van der Waals surface area contributed by atoms with E-state index in [-0.39, 0.29) is 89.8 Å². The number of rotatable bonds is 4. The van der Waals surface area contributed by atoms with Gasteiger partial charge in [0.05, 0.1) is 0 Å². The second-order valence-electron chi connectivity index (χ2n) is 16.5. The summed E-state index contributed by atoms with van der Waals surface area (Å²) in [5.41, 5.74) is -1.99. The van der Waals surface area contributed by atoms with Crippen molar-refractivity contribution in [3.05, 3.63) is 188 Å². The summed E-state index contributed by atoms with van der Waals surface area (Å²) in [6.45, 7) is 0. The van der Waals surface area contributed by atoms with Crippen LogP contribution in [-0.4, -0.2) is 81.7 Å². The molecule has 68 heavy (non-hydrogen) atoms. The molecule has 0 unspecified atom stereocenters. The SMILES string of the molecule is Oc1ccc(C2c3cc(c(O)c(O)c3O)C(c3ccc(O)cc3)c3cc(c(O)c(O)c3O)C(c3ccc(O)cc3)c3cc(c(O)c(O)c3O)C(c3ccc(O)cc3)c3cc2c(O)c(O)c3O)cc1. The maximum Gasteiger partial charge on any atom is 0.200 e. The van der Waals surface area contributed by atoms with Crippen LogP contribution in [0, 0.1) is 0 Å². The molecule has 8 aromatic rings. The molecule has 0 atom stereocenters. The van der Waals surface area contributed by atoms with Gasteiger partial charge in [-0.05, 0) is 95.1 Å². The fourth-order valence-corrected chi connectivity index (χ4v) is 9.29. The third kappa shape index (κ3) is 6.94. The van der Waals surface area contributed by atoms with Crippen LogP contribution in [0.2, 0.25) is 0 Å². The summed E-state index contributed by atoms with van der Waals surface area (Å²) in [6.07, 6.45) is 0. The molecule has 0 saturated heterocycles. The Hall–Kier alpha value is -9.44. The average Bonchev–Trinajstić information content (AvgIpc) is 3.32. The van der Waals surface area contributed by atoms with E-state index < -0.39 is 92.7 Å². The molecule has 344 valence electrons. The molecule has 8 bridgehead atoms. The molecule has 1 aliphatic rings. The second kappa shape index (κ2) is 16.2. The Morgan fingerprint density at radius 3 is 0.441 bits per heavy atom. The van der Waals surface area contributed by atoms with Crippen LogP contribution in [0.5, 0.6) is 92.0 Å². The minimum Gasteiger partial charge on any atom is -0.508 e. The molecule has 0 spiro atoms. The molecular formula is C52H40O16. The molecular weight excluding hydrogens is 881 g/mol. The van der Waals surface area contributed by atoms with Gasteiger partial charge in [0.2, 0.25) is 23.0 Å². The Bertz CT molecular complexity index is 2740. The summed E-state index contributed by atoms with van der Waals surface area (Å²) >= 11 is 0. The van der Waals surface area contributed by atoms with Gasteiger partial charge in [-0.15, -0.1) is 0 Å². The summed E-state index contributed by atoms with van der Waals surface area (Å²) in [5.74, 6) is -19.4. The molecule has 0 amide bonds. The molecule has 0 fully saturated rings. The molecule has 16 nitrogen and oxygen atoms in total. The summed E-state index contributed by atoms with van der Waals surface area (Å²) in [7, 11) is 0. The lowest BCUT2D eigenvalue weighted by atomic mass is 9.74. The topological polar surface area (TPSA) is 324 Å². The van der Waals surface area contributed by atoms with E-state index in [0.717, 1.165) is 0 Å². The molecule has 8 aromatic carbocycles. The smallest absolute Gasteiger partial charge is 0.200 e. The summed E-state index contributed by atoms with van der Waals surface area (Å²) in [5, 5.41) is 184. The quantitative estimate of drug-likeness (QED) is 0.0743. The third-order valence-electron chi connectivity index (χ3n) is 12.6. The highest BCUT2D eigenvalue weighted by Gasteiger charge is 2.39. The Morgan fingerprint density at radius 1 is 0.176 bits per heavy atom. The van der Waals surface area contributed by atoms with Gasteiger partial charge >= 0.3 is 0 Å². The van der Waals surface area contributed by atoms with Crippen molar-refractivity contribution in [2.45, 2.75) is 23.7 Å². The van der Waals surface area contributed by atoms with E-state index in [2.05, 4.69) is 0 Å². The lowest BCUT2D eigenvalue weighted by Gasteiger charge is -2.30. The molecule has 1 aliphatic carbocycles.